The second-order valence-electron chi connectivity index (χ2n) is 4.54. The van der Waals surface area contributed by atoms with E-state index >= 15 is 0 Å². The number of carbonyl (C=O) groups is 1. The Morgan fingerprint density at radius 2 is 1.85 bits per heavy atom. The molecule has 2 rings (SSSR count). The first-order valence-electron chi connectivity index (χ1n) is 6.50. The van der Waals surface area contributed by atoms with E-state index in [2.05, 4.69) is 5.32 Å². The third-order valence-electron chi connectivity index (χ3n) is 3.04. The minimum absolute atomic E-state index is 0.0735. The first kappa shape index (κ1) is 14.6. The Kier molecular flexibility index (Phi) is 5.16. The van der Waals surface area contributed by atoms with Crippen LogP contribution in [0.5, 0.6) is 0 Å². The zero-order chi connectivity index (χ0) is 14.4. The summed E-state index contributed by atoms with van der Waals surface area (Å²) in [6, 6.07) is 15.0. The van der Waals surface area contributed by atoms with Gasteiger partial charge in [0.15, 0.2) is 0 Å². The first-order chi connectivity index (χ1) is 9.69. The van der Waals surface area contributed by atoms with Crippen LogP contribution in [-0.4, -0.2) is 12.5 Å². The summed E-state index contributed by atoms with van der Waals surface area (Å²) < 4.78 is 0. The quantitative estimate of drug-likeness (QED) is 0.889. The lowest BCUT2D eigenvalue weighted by Crippen LogP contribution is -2.25. The van der Waals surface area contributed by atoms with Gasteiger partial charge in [0, 0.05) is 23.7 Å². The topological polar surface area (TPSA) is 55.1 Å². The number of hydrogen-bond donors (Lipinski definition) is 2. The van der Waals surface area contributed by atoms with Crippen molar-refractivity contribution in [3.63, 3.8) is 0 Å². The molecular formula is C16H17ClN2O. The van der Waals surface area contributed by atoms with Crippen molar-refractivity contribution in [2.45, 2.75) is 13.0 Å². The number of carbonyl (C=O) groups excluding carboxylic acids is 1. The van der Waals surface area contributed by atoms with E-state index in [0.717, 1.165) is 17.5 Å². The van der Waals surface area contributed by atoms with Gasteiger partial charge in [-0.25, -0.2) is 0 Å². The van der Waals surface area contributed by atoms with Gasteiger partial charge in [-0.1, -0.05) is 35.9 Å². The maximum atomic E-state index is 11.9. The van der Waals surface area contributed by atoms with E-state index < -0.39 is 0 Å². The van der Waals surface area contributed by atoms with Crippen molar-refractivity contribution < 1.29 is 4.79 Å². The Morgan fingerprint density at radius 3 is 2.50 bits per heavy atom. The SMILES string of the molecule is NCc1ccc(C(=O)NCCc2cccc(Cl)c2)cc1. The van der Waals surface area contributed by atoms with E-state index in [0.29, 0.717) is 23.7 Å². The summed E-state index contributed by atoms with van der Waals surface area (Å²) in [6.45, 7) is 1.06. The largest absolute Gasteiger partial charge is 0.352 e. The molecule has 2 aromatic carbocycles. The monoisotopic (exact) mass is 288 g/mol. The lowest BCUT2D eigenvalue weighted by molar-refractivity contribution is 0.0954. The number of nitrogens with two attached hydrogens (primary N) is 1. The van der Waals surface area contributed by atoms with E-state index in [4.69, 9.17) is 17.3 Å². The summed E-state index contributed by atoms with van der Waals surface area (Å²) in [5, 5.41) is 3.61. The first-order valence-corrected chi connectivity index (χ1v) is 6.88. The zero-order valence-corrected chi connectivity index (χ0v) is 11.9. The maximum Gasteiger partial charge on any atom is 0.251 e. The van der Waals surface area contributed by atoms with Crippen LogP contribution < -0.4 is 11.1 Å². The number of benzene rings is 2. The second kappa shape index (κ2) is 7.08. The van der Waals surface area contributed by atoms with Gasteiger partial charge in [0.2, 0.25) is 0 Å². The zero-order valence-electron chi connectivity index (χ0n) is 11.1. The van der Waals surface area contributed by atoms with Crippen LogP contribution in [0.4, 0.5) is 0 Å². The van der Waals surface area contributed by atoms with E-state index in [1.165, 1.54) is 0 Å². The highest BCUT2D eigenvalue weighted by Gasteiger charge is 2.04. The van der Waals surface area contributed by atoms with Crippen molar-refractivity contribution in [3.05, 3.63) is 70.2 Å². The molecule has 2 aromatic rings. The Hall–Kier alpha value is -1.84. The molecule has 3 N–H and O–H groups in total. The molecule has 0 atom stereocenters. The molecule has 0 aliphatic carbocycles. The summed E-state index contributed by atoms with van der Waals surface area (Å²) >= 11 is 5.91. The van der Waals surface area contributed by atoms with Crippen LogP contribution in [0.15, 0.2) is 48.5 Å². The van der Waals surface area contributed by atoms with Crippen molar-refractivity contribution in [3.8, 4) is 0 Å². The van der Waals surface area contributed by atoms with Gasteiger partial charge >= 0.3 is 0 Å². The molecule has 0 heterocycles. The molecule has 3 nitrogen and oxygen atoms in total. The number of amides is 1. The number of halogens is 1. The van der Waals surface area contributed by atoms with Gasteiger partial charge in [-0.05, 0) is 41.8 Å². The van der Waals surface area contributed by atoms with Crippen LogP contribution in [-0.2, 0) is 13.0 Å². The minimum Gasteiger partial charge on any atom is -0.352 e. The highest BCUT2D eigenvalue weighted by Crippen LogP contribution is 2.10. The molecule has 0 spiro atoms. The molecule has 0 fully saturated rings. The minimum atomic E-state index is -0.0735. The Bertz CT molecular complexity index is 581. The van der Waals surface area contributed by atoms with Crippen LogP contribution >= 0.6 is 11.6 Å². The second-order valence-corrected chi connectivity index (χ2v) is 4.97. The molecule has 0 radical (unpaired) electrons. The summed E-state index contributed by atoms with van der Waals surface area (Å²) in [7, 11) is 0. The van der Waals surface area contributed by atoms with Crippen molar-refractivity contribution in [1.29, 1.82) is 0 Å². The van der Waals surface area contributed by atoms with Crippen molar-refractivity contribution in [2.24, 2.45) is 5.73 Å². The van der Waals surface area contributed by atoms with E-state index in [1.54, 1.807) is 12.1 Å². The smallest absolute Gasteiger partial charge is 0.251 e. The highest BCUT2D eigenvalue weighted by molar-refractivity contribution is 6.30. The van der Waals surface area contributed by atoms with Crippen LogP contribution in [0.3, 0.4) is 0 Å². The predicted octanol–water partition coefficient (Wildman–Crippen LogP) is 2.77. The third-order valence-corrected chi connectivity index (χ3v) is 3.28. The predicted molar refractivity (Wildman–Crippen MR) is 81.8 cm³/mol. The lowest BCUT2D eigenvalue weighted by atomic mass is 10.1. The molecular weight excluding hydrogens is 272 g/mol. The molecule has 104 valence electrons. The van der Waals surface area contributed by atoms with Gasteiger partial charge in [0.25, 0.3) is 5.91 Å². The van der Waals surface area contributed by atoms with Crippen molar-refractivity contribution >= 4 is 17.5 Å². The lowest BCUT2D eigenvalue weighted by Gasteiger charge is -2.06. The van der Waals surface area contributed by atoms with Crippen LogP contribution in [0.25, 0.3) is 0 Å². The van der Waals surface area contributed by atoms with Gasteiger partial charge in [-0.15, -0.1) is 0 Å². The molecule has 0 aromatic heterocycles. The fourth-order valence-corrected chi connectivity index (χ4v) is 2.12. The number of rotatable bonds is 5. The van der Waals surface area contributed by atoms with Crippen molar-refractivity contribution in [1.82, 2.24) is 5.32 Å². The van der Waals surface area contributed by atoms with E-state index in [9.17, 15) is 4.79 Å². The summed E-state index contributed by atoms with van der Waals surface area (Å²) in [4.78, 5) is 11.9. The van der Waals surface area contributed by atoms with E-state index in [-0.39, 0.29) is 5.91 Å². The van der Waals surface area contributed by atoms with Gasteiger partial charge in [0.1, 0.15) is 0 Å². The Labute approximate surface area is 123 Å². The summed E-state index contributed by atoms with van der Waals surface area (Å²) in [5.41, 5.74) is 8.29. The molecule has 0 bridgehead atoms. The van der Waals surface area contributed by atoms with Crippen LogP contribution in [0, 0.1) is 0 Å². The summed E-state index contributed by atoms with van der Waals surface area (Å²) in [5.74, 6) is -0.0735. The van der Waals surface area contributed by atoms with Gasteiger partial charge in [0.05, 0.1) is 0 Å². The molecule has 20 heavy (non-hydrogen) atoms. The molecule has 0 aliphatic rings. The van der Waals surface area contributed by atoms with Gasteiger partial charge < -0.3 is 11.1 Å². The molecule has 0 saturated carbocycles. The molecule has 0 saturated heterocycles. The molecule has 4 heteroatoms. The van der Waals surface area contributed by atoms with Crippen LogP contribution in [0.1, 0.15) is 21.5 Å². The fraction of sp³-hybridized carbons (Fsp3) is 0.188. The van der Waals surface area contributed by atoms with Gasteiger partial charge in [-0.2, -0.15) is 0 Å². The number of hydrogen-bond acceptors (Lipinski definition) is 2. The Morgan fingerprint density at radius 1 is 1.10 bits per heavy atom. The van der Waals surface area contributed by atoms with Gasteiger partial charge in [-0.3, -0.25) is 4.79 Å². The third kappa shape index (κ3) is 4.08. The normalized spacial score (nSPS) is 10.3. The molecule has 0 unspecified atom stereocenters. The average molecular weight is 289 g/mol. The highest BCUT2D eigenvalue weighted by atomic mass is 35.5. The summed E-state index contributed by atoms with van der Waals surface area (Å²) in [6.07, 6.45) is 0.757. The fourth-order valence-electron chi connectivity index (χ4n) is 1.91. The van der Waals surface area contributed by atoms with Crippen molar-refractivity contribution in [2.75, 3.05) is 6.54 Å². The van der Waals surface area contributed by atoms with Crippen LogP contribution in [0.2, 0.25) is 5.02 Å². The number of nitrogens with one attached hydrogen (secondary N) is 1. The molecule has 0 aliphatic heterocycles. The average Bonchev–Trinajstić information content (AvgIpc) is 2.47. The standard InChI is InChI=1S/C16H17ClN2O/c17-15-3-1-2-12(10-15)8-9-19-16(20)14-6-4-13(11-18)5-7-14/h1-7,10H,8-9,11,18H2,(H,19,20). The molecule has 1 amide bonds. The van der Waals surface area contributed by atoms with E-state index in [1.807, 2.05) is 36.4 Å². The Balaban J connectivity index is 1.85. The maximum absolute atomic E-state index is 11.9.